The van der Waals surface area contributed by atoms with Gasteiger partial charge in [-0.2, -0.15) is 5.16 Å². The molecular formula is C11H9Cl2NO2S. The van der Waals surface area contributed by atoms with Crippen molar-refractivity contribution in [2.24, 2.45) is 0 Å². The molecule has 0 aliphatic carbocycles. The van der Waals surface area contributed by atoms with Gasteiger partial charge in [-0.05, 0) is 17.7 Å². The monoisotopic (exact) mass is 289 g/mol. The van der Waals surface area contributed by atoms with Gasteiger partial charge >= 0.3 is 0 Å². The summed E-state index contributed by atoms with van der Waals surface area (Å²) < 4.78 is 4.94. The summed E-state index contributed by atoms with van der Waals surface area (Å²) in [5.74, 6) is 1.99. The Morgan fingerprint density at radius 3 is 2.71 bits per heavy atom. The molecule has 17 heavy (non-hydrogen) atoms. The molecule has 0 aliphatic rings. The maximum atomic E-state index is 10.8. The number of rotatable bonds is 4. The molecule has 0 amide bonds. The molecular weight excluding hydrogens is 281 g/mol. The highest BCUT2D eigenvalue weighted by atomic mass is 35.5. The van der Waals surface area contributed by atoms with Crippen LogP contribution in [0.15, 0.2) is 33.6 Å². The third-order valence-electron chi connectivity index (χ3n) is 2.09. The van der Waals surface area contributed by atoms with Crippen LogP contribution in [-0.4, -0.2) is 5.16 Å². The smallest absolute Gasteiger partial charge is 0.280 e. The van der Waals surface area contributed by atoms with Crippen LogP contribution in [0.2, 0.25) is 10.0 Å². The molecule has 1 N–H and O–H groups in total. The van der Waals surface area contributed by atoms with Gasteiger partial charge in [0.15, 0.2) is 0 Å². The van der Waals surface area contributed by atoms with Crippen molar-refractivity contribution < 1.29 is 4.52 Å². The summed E-state index contributed by atoms with van der Waals surface area (Å²) in [5, 5.41) is 3.53. The Labute approximate surface area is 112 Å². The highest BCUT2D eigenvalue weighted by Crippen LogP contribution is 2.25. The number of aromatic nitrogens is 1. The largest absolute Gasteiger partial charge is 0.383 e. The van der Waals surface area contributed by atoms with Crippen molar-refractivity contribution >= 4 is 35.0 Å². The van der Waals surface area contributed by atoms with Crippen LogP contribution in [0.5, 0.6) is 0 Å². The first kappa shape index (κ1) is 12.6. The van der Waals surface area contributed by atoms with Gasteiger partial charge in [-0.15, -0.1) is 11.8 Å². The summed E-state index contributed by atoms with van der Waals surface area (Å²) in [5.41, 5.74) is 0.795. The van der Waals surface area contributed by atoms with Crippen molar-refractivity contribution in [2.75, 3.05) is 0 Å². The molecule has 0 aliphatic heterocycles. The lowest BCUT2D eigenvalue weighted by molar-refractivity contribution is 0.390. The van der Waals surface area contributed by atoms with Crippen molar-refractivity contribution in [3.63, 3.8) is 0 Å². The molecule has 6 heteroatoms. The van der Waals surface area contributed by atoms with Gasteiger partial charge in [0.25, 0.3) is 5.56 Å². The van der Waals surface area contributed by atoms with Gasteiger partial charge in [-0.25, -0.2) is 0 Å². The number of hydrogen-bond acceptors (Lipinski definition) is 3. The predicted octanol–water partition coefficient (Wildman–Crippen LogP) is 3.71. The number of halogens is 2. The standard InChI is InChI=1S/C11H9Cl2NO2S/c12-8-2-1-7(10(13)3-8)5-17-6-9-4-11(15)14-16-9/h1-4H,5-6H2,(H,14,15). The fraction of sp³-hybridized carbons (Fsp3) is 0.182. The van der Waals surface area contributed by atoms with Crippen molar-refractivity contribution in [3.05, 3.63) is 56.0 Å². The van der Waals surface area contributed by atoms with E-state index in [1.54, 1.807) is 23.9 Å². The molecule has 0 fully saturated rings. The molecule has 1 heterocycles. The fourth-order valence-corrected chi connectivity index (χ4v) is 2.76. The first-order chi connectivity index (χ1) is 8.15. The molecule has 2 aromatic rings. The molecule has 0 saturated heterocycles. The maximum absolute atomic E-state index is 10.8. The normalized spacial score (nSPS) is 10.7. The van der Waals surface area contributed by atoms with E-state index in [1.807, 2.05) is 6.07 Å². The molecule has 0 radical (unpaired) electrons. The third-order valence-corrected chi connectivity index (χ3v) is 3.68. The molecule has 0 atom stereocenters. The zero-order valence-electron chi connectivity index (χ0n) is 8.70. The molecule has 1 aromatic heterocycles. The quantitative estimate of drug-likeness (QED) is 0.933. The SMILES string of the molecule is O=c1cc(CSCc2ccc(Cl)cc2Cl)o[nH]1. The minimum atomic E-state index is -0.217. The molecule has 0 saturated carbocycles. The first-order valence-electron chi connectivity index (χ1n) is 4.84. The molecule has 2 rings (SSSR count). The zero-order chi connectivity index (χ0) is 12.3. The summed E-state index contributed by atoms with van der Waals surface area (Å²) in [7, 11) is 0. The Balaban J connectivity index is 1.92. The van der Waals surface area contributed by atoms with E-state index in [-0.39, 0.29) is 5.56 Å². The molecule has 0 unspecified atom stereocenters. The number of hydrogen-bond donors (Lipinski definition) is 1. The number of H-pyrrole nitrogens is 1. The van der Waals surface area contributed by atoms with Gasteiger partial charge < -0.3 is 4.52 Å². The summed E-state index contributed by atoms with van der Waals surface area (Å²) >= 11 is 13.5. The second-order valence-corrected chi connectivity index (χ2v) is 5.24. The van der Waals surface area contributed by atoms with Gasteiger partial charge in [0.1, 0.15) is 5.76 Å². The van der Waals surface area contributed by atoms with Crippen molar-refractivity contribution in [1.82, 2.24) is 5.16 Å². The minimum Gasteiger partial charge on any atom is -0.383 e. The molecule has 0 bridgehead atoms. The van der Waals surface area contributed by atoms with E-state index in [1.165, 1.54) is 6.07 Å². The summed E-state index contributed by atoms with van der Waals surface area (Å²) in [6, 6.07) is 6.86. The third kappa shape index (κ3) is 3.56. The van der Waals surface area contributed by atoms with Crippen LogP contribution in [0.3, 0.4) is 0 Å². The Morgan fingerprint density at radius 2 is 2.06 bits per heavy atom. The van der Waals surface area contributed by atoms with Gasteiger partial charge in [-0.3, -0.25) is 4.79 Å². The Bertz CT molecular complexity index is 565. The van der Waals surface area contributed by atoms with Crippen LogP contribution in [0.25, 0.3) is 0 Å². The molecule has 1 aromatic carbocycles. The minimum absolute atomic E-state index is 0.217. The fourth-order valence-electron chi connectivity index (χ4n) is 1.29. The van der Waals surface area contributed by atoms with Crippen LogP contribution in [0, 0.1) is 0 Å². The van der Waals surface area contributed by atoms with Crippen LogP contribution < -0.4 is 5.56 Å². The second kappa shape index (κ2) is 5.67. The molecule has 90 valence electrons. The summed E-state index contributed by atoms with van der Waals surface area (Å²) in [4.78, 5) is 10.8. The van der Waals surface area contributed by atoms with E-state index in [0.717, 1.165) is 11.3 Å². The number of thioether (sulfide) groups is 1. The summed E-state index contributed by atoms with van der Waals surface area (Å²) in [6.45, 7) is 0. The average molecular weight is 290 g/mol. The number of nitrogens with one attached hydrogen (secondary N) is 1. The van der Waals surface area contributed by atoms with Crippen LogP contribution in [0.4, 0.5) is 0 Å². The van der Waals surface area contributed by atoms with Gasteiger partial charge in [0, 0.05) is 21.9 Å². The van der Waals surface area contributed by atoms with E-state index < -0.39 is 0 Å². The van der Waals surface area contributed by atoms with E-state index in [4.69, 9.17) is 27.7 Å². The Kier molecular flexibility index (Phi) is 4.20. The Morgan fingerprint density at radius 1 is 1.24 bits per heavy atom. The topological polar surface area (TPSA) is 46.0 Å². The molecule has 3 nitrogen and oxygen atoms in total. The second-order valence-electron chi connectivity index (χ2n) is 3.41. The van der Waals surface area contributed by atoms with Crippen molar-refractivity contribution in [2.45, 2.75) is 11.5 Å². The van der Waals surface area contributed by atoms with E-state index in [2.05, 4.69) is 5.16 Å². The van der Waals surface area contributed by atoms with E-state index in [9.17, 15) is 4.79 Å². The highest BCUT2D eigenvalue weighted by molar-refractivity contribution is 7.97. The lowest BCUT2D eigenvalue weighted by atomic mass is 10.2. The maximum Gasteiger partial charge on any atom is 0.280 e. The van der Waals surface area contributed by atoms with E-state index in [0.29, 0.717) is 21.6 Å². The lowest BCUT2D eigenvalue weighted by Crippen LogP contribution is -1.92. The van der Waals surface area contributed by atoms with Gasteiger partial charge in [0.05, 0.1) is 5.75 Å². The molecule has 0 spiro atoms. The highest BCUT2D eigenvalue weighted by Gasteiger charge is 2.04. The van der Waals surface area contributed by atoms with E-state index >= 15 is 0 Å². The number of aromatic amines is 1. The number of benzene rings is 1. The van der Waals surface area contributed by atoms with Gasteiger partial charge in [-0.1, -0.05) is 29.3 Å². The van der Waals surface area contributed by atoms with Crippen LogP contribution in [0.1, 0.15) is 11.3 Å². The average Bonchev–Trinajstić information content (AvgIpc) is 2.68. The van der Waals surface area contributed by atoms with Crippen LogP contribution in [-0.2, 0) is 11.5 Å². The zero-order valence-corrected chi connectivity index (χ0v) is 11.0. The van der Waals surface area contributed by atoms with Crippen LogP contribution >= 0.6 is 35.0 Å². The first-order valence-corrected chi connectivity index (χ1v) is 6.75. The summed E-state index contributed by atoms with van der Waals surface area (Å²) in [6.07, 6.45) is 0. The predicted molar refractivity (Wildman–Crippen MR) is 70.8 cm³/mol. The van der Waals surface area contributed by atoms with Crippen molar-refractivity contribution in [3.8, 4) is 0 Å². The lowest BCUT2D eigenvalue weighted by Gasteiger charge is -2.03. The van der Waals surface area contributed by atoms with Gasteiger partial charge in [0.2, 0.25) is 0 Å². The van der Waals surface area contributed by atoms with Crippen molar-refractivity contribution in [1.29, 1.82) is 0 Å². The Hall–Kier alpha value is -0.840.